The number of carbonyl (C=O) groups excluding carboxylic acids is 1. The maximum Gasteiger partial charge on any atom is 0.410 e. The number of methoxy groups -OCH3 is 1. The van der Waals surface area contributed by atoms with Gasteiger partial charge in [-0.3, -0.25) is 0 Å². The van der Waals surface area contributed by atoms with Gasteiger partial charge in [0.15, 0.2) is 0 Å². The third-order valence-electron chi connectivity index (χ3n) is 4.91. The lowest BCUT2D eigenvalue weighted by atomic mass is 10.2. The molecule has 0 bridgehead atoms. The lowest BCUT2D eigenvalue weighted by molar-refractivity contribution is 0.0263. The molecule has 180 valence electrons. The van der Waals surface area contributed by atoms with Crippen molar-refractivity contribution in [1.82, 2.24) is 14.9 Å². The molecule has 3 rings (SSSR count). The van der Waals surface area contributed by atoms with E-state index in [1.54, 1.807) is 4.90 Å². The van der Waals surface area contributed by atoms with Crippen LogP contribution in [0.5, 0.6) is 5.75 Å². The molecular formula is C21H28ClN5O5S. The number of nitrogens with two attached hydrogens (primary N) is 1. The van der Waals surface area contributed by atoms with Crippen molar-refractivity contribution < 1.29 is 22.7 Å². The van der Waals surface area contributed by atoms with Crippen LogP contribution >= 0.6 is 11.6 Å². The monoisotopic (exact) mass is 497 g/mol. The van der Waals surface area contributed by atoms with Gasteiger partial charge in [0, 0.05) is 31.2 Å². The molecule has 2 heterocycles. The maximum absolute atomic E-state index is 13.2. The van der Waals surface area contributed by atoms with Gasteiger partial charge in [-0.05, 0) is 45.4 Å². The van der Waals surface area contributed by atoms with Gasteiger partial charge in [-0.2, -0.15) is 4.98 Å². The quantitative estimate of drug-likeness (QED) is 0.677. The van der Waals surface area contributed by atoms with Crippen LogP contribution in [0.1, 0.15) is 27.2 Å². The van der Waals surface area contributed by atoms with Crippen LogP contribution in [0.25, 0.3) is 0 Å². The summed E-state index contributed by atoms with van der Waals surface area (Å²) in [6.45, 7) is 7.43. The number of benzene rings is 1. The summed E-state index contributed by atoms with van der Waals surface area (Å²) in [4.78, 5) is 24.0. The predicted octanol–water partition coefficient (Wildman–Crippen LogP) is 3.00. The van der Waals surface area contributed by atoms with E-state index in [-0.39, 0.29) is 38.4 Å². The molecular weight excluding hydrogens is 470 g/mol. The van der Waals surface area contributed by atoms with Gasteiger partial charge in [-0.25, -0.2) is 18.2 Å². The first kappa shape index (κ1) is 24.8. The number of halogens is 1. The molecule has 0 spiro atoms. The van der Waals surface area contributed by atoms with Crippen molar-refractivity contribution in [2.75, 3.05) is 43.9 Å². The zero-order valence-electron chi connectivity index (χ0n) is 19.0. The summed E-state index contributed by atoms with van der Waals surface area (Å²) in [5.74, 6) is 0.239. The van der Waals surface area contributed by atoms with Crippen molar-refractivity contribution in [3.63, 3.8) is 0 Å². The summed E-state index contributed by atoms with van der Waals surface area (Å²) in [7, 11) is -2.71. The Balaban J connectivity index is 1.81. The summed E-state index contributed by atoms with van der Waals surface area (Å²) in [5.41, 5.74) is 5.47. The second-order valence-electron chi connectivity index (χ2n) is 8.53. The molecule has 12 heteroatoms. The molecule has 2 aromatic rings. The number of carbonyl (C=O) groups is 1. The molecule has 1 aromatic heterocycles. The normalized spacial score (nSPS) is 15.2. The van der Waals surface area contributed by atoms with Crippen LogP contribution < -0.4 is 15.4 Å². The fourth-order valence-corrected chi connectivity index (χ4v) is 5.02. The Morgan fingerprint density at radius 3 is 2.52 bits per heavy atom. The molecule has 0 aliphatic carbocycles. The van der Waals surface area contributed by atoms with E-state index < -0.39 is 15.4 Å². The number of sulfone groups is 1. The molecule has 0 saturated carbocycles. The van der Waals surface area contributed by atoms with Crippen LogP contribution in [0.2, 0.25) is 5.02 Å². The Hall–Kier alpha value is -2.79. The number of anilines is 2. The Kier molecular flexibility index (Phi) is 7.23. The minimum atomic E-state index is -4.07. The van der Waals surface area contributed by atoms with E-state index in [1.165, 1.54) is 31.5 Å². The molecule has 0 atom stereocenters. The fourth-order valence-electron chi connectivity index (χ4n) is 3.34. The highest BCUT2D eigenvalue weighted by Crippen LogP contribution is 2.33. The SMILES string of the molecule is COc1ccc(Cl)cc1S(=O)(=O)c1cnc(N2CCCN(C(=O)OC(C)(C)C)CC2)nc1N. The van der Waals surface area contributed by atoms with Gasteiger partial charge in [0.25, 0.3) is 0 Å². The number of hydrogen-bond acceptors (Lipinski definition) is 9. The van der Waals surface area contributed by atoms with E-state index in [4.69, 9.17) is 26.8 Å². The molecule has 33 heavy (non-hydrogen) atoms. The number of nitrogen functional groups attached to an aromatic ring is 1. The van der Waals surface area contributed by atoms with Gasteiger partial charge in [0.05, 0.1) is 13.3 Å². The fraction of sp³-hybridized carbons (Fsp3) is 0.476. The highest BCUT2D eigenvalue weighted by atomic mass is 35.5. The van der Waals surface area contributed by atoms with Gasteiger partial charge in [0.1, 0.15) is 27.0 Å². The van der Waals surface area contributed by atoms with E-state index in [0.717, 1.165) is 0 Å². The van der Waals surface area contributed by atoms with Crippen LogP contribution in [0, 0.1) is 0 Å². The molecule has 1 aromatic carbocycles. The summed E-state index contributed by atoms with van der Waals surface area (Å²) in [6, 6.07) is 4.29. The Labute approximate surface area is 198 Å². The maximum atomic E-state index is 13.2. The average Bonchev–Trinajstić information content (AvgIpc) is 2.98. The van der Waals surface area contributed by atoms with Gasteiger partial charge in [-0.1, -0.05) is 11.6 Å². The number of rotatable bonds is 4. The molecule has 1 fully saturated rings. The van der Waals surface area contributed by atoms with Crippen molar-refractivity contribution in [3.05, 3.63) is 29.4 Å². The zero-order chi connectivity index (χ0) is 24.4. The van der Waals surface area contributed by atoms with Crippen molar-refractivity contribution in [2.24, 2.45) is 0 Å². The minimum Gasteiger partial charge on any atom is -0.495 e. The van der Waals surface area contributed by atoms with Gasteiger partial charge < -0.3 is 25.0 Å². The van der Waals surface area contributed by atoms with Crippen molar-refractivity contribution in [2.45, 2.75) is 42.6 Å². The van der Waals surface area contributed by atoms with E-state index >= 15 is 0 Å². The molecule has 0 radical (unpaired) electrons. The van der Waals surface area contributed by atoms with Gasteiger partial charge >= 0.3 is 6.09 Å². The second kappa shape index (κ2) is 9.60. The largest absolute Gasteiger partial charge is 0.495 e. The van der Waals surface area contributed by atoms with E-state index in [2.05, 4.69) is 9.97 Å². The first-order valence-corrected chi connectivity index (χ1v) is 12.2. The first-order chi connectivity index (χ1) is 15.4. The molecule has 1 saturated heterocycles. The predicted molar refractivity (Wildman–Crippen MR) is 125 cm³/mol. The second-order valence-corrected chi connectivity index (χ2v) is 10.8. The Morgan fingerprint density at radius 2 is 1.88 bits per heavy atom. The lowest BCUT2D eigenvalue weighted by Gasteiger charge is -2.26. The molecule has 10 nitrogen and oxygen atoms in total. The highest BCUT2D eigenvalue weighted by molar-refractivity contribution is 7.91. The van der Waals surface area contributed by atoms with Crippen LogP contribution in [-0.2, 0) is 14.6 Å². The summed E-state index contributed by atoms with van der Waals surface area (Å²) in [6.07, 6.45) is 1.48. The smallest absolute Gasteiger partial charge is 0.410 e. The van der Waals surface area contributed by atoms with Crippen molar-refractivity contribution in [3.8, 4) is 5.75 Å². The van der Waals surface area contributed by atoms with Gasteiger partial charge in [-0.15, -0.1) is 0 Å². The van der Waals surface area contributed by atoms with Gasteiger partial charge in [0.2, 0.25) is 15.8 Å². The van der Waals surface area contributed by atoms with Crippen LogP contribution in [0.4, 0.5) is 16.6 Å². The van der Waals surface area contributed by atoms with E-state index in [9.17, 15) is 13.2 Å². The van der Waals surface area contributed by atoms with Crippen LogP contribution in [0.15, 0.2) is 34.2 Å². The number of nitrogens with zero attached hydrogens (tertiary/aromatic N) is 4. The first-order valence-electron chi connectivity index (χ1n) is 10.4. The highest BCUT2D eigenvalue weighted by Gasteiger charge is 2.28. The minimum absolute atomic E-state index is 0.122. The van der Waals surface area contributed by atoms with Crippen molar-refractivity contribution >= 4 is 39.3 Å². The van der Waals surface area contributed by atoms with Crippen LogP contribution in [-0.4, -0.2) is 68.3 Å². The zero-order valence-corrected chi connectivity index (χ0v) is 20.6. The number of amides is 1. The van der Waals surface area contributed by atoms with Crippen LogP contribution in [0.3, 0.4) is 0 Å². The third kappa shape index (κ3) is 5.77. The van der Waals surface area contributed by atoms with Crippen molar-refractivity contribution in [1.29, 1.82) is 0 Å². The number of aromatic nitrogens is 2. The number of ether oxygens (including phenoxy) is 2. The summed E-state index contributed by atoms with van der Waals surface area (Å²) in [5, 5.41) is 0.240. The average molecular weight is 498 g/mol. The number of hydrogen-bond donors (Lipinski definition) is 1. The molecule has 0 unspecified atom stereocenters. The molecule has 1 aliphatic rings. The standard InChI is InChI=1S/C21H28ClN5O5S/c1-21(2,3)32-20(28)27-9-5-8-26(10-11-27)19-24-13-17(18(23)25-19)33(29,30)16-12-14(22)6-7-15(16)31-4/h6-7,12-13H,5,8-11H2,1-4H3,(H2,23,24,25). The molecule has 1 amide bonds. The summed E-state index contributed by atoms with van der Waals surface area (Å²) >= 11 is 5.99. The Morgan fingerprint density at radius 1 is 1.15 bits per heavy atom. The molecule has 2 N–H and O–H groups in total. The Bertz CT molecular complexity index is 1140. The van der Waals surface area contributed by atoms with E-state index in [1.807, 2.05) is 25.7 Å². The molecule has 1 aliphatic heterocycles. The lowest BCUT2D eigenvalue weighted by Crippen LogP contribution is -2.39. The topological polar surface area (TPSA) is 128 Å². The van der Waals surface area contributed by atoms with E-state index in [0.29, 0.717) is 32.6 Å². The summed E-state index contributed by atoms with van der Waals surface area (Å²) < 4.78 is 37.0. The third-order valence-corrected chi connectivity index (χ3v) is 6.93.